The summed E-state index contributed by atoms with van der Waals surface area (Å²) in [5.74, 6) is 0. The third-order valence-corrected chi connectivity index (χ3v) is 5.01. The van der Waals surface area contributed by atoms with Crippen LogP contribution in [0.15, 0.2) is 27.1 Å². The Bertz CT molecular complexity index is 620. The van der Waals surface area contributed by atoms with Gasteiger partial charge in [0.15, 0.2) is 0 Å². The molecule has 2 aromatic rings. The smallest absolute Gasteiger partial charge is 0.0766 e. The van der Waals surface area contributed by atoms with Crippen molar-refractivity contribution < 1.29 is 0 Å². The summed E-state index contributed by atoms with van der Waals surface area (Å²) in [5.41, 5.74) is 9.60. The second kappa shape index (κ2) is 7.27. The molecular formula is C15H18Br2ClN3. The number of hydrogen-bond donors (Lipinski definition) is 1. The third kappa shape index (κ3) is 3.89. The van der Waals surface area contributed by atoms with E-state index in [-0.39, 0.29) is 6.04 Å². The molecule has 1 heterocycles. The first-order valence-corrected chi connectivity index (χ1v) is 8.88. The zero-order chi connectivity index (χ0) is 15.6. The van der Waals surface area contributed by atoms with Crippen LogP contribution < -0.4 is 5.73 Å². The SMILES string of the molecule is CCc1nn(CC)c(CC(N)c2cc(Cl)cc(Br)c2)c1Br. The topological polar surface area (TPSA) is 43.8 Å². The summed E-state index contributed by atoms with van der Waals surface area (Å²) in [6.45, 7) is 5.02. The molecule has 0 aliphatic heterocycles. The highest BCUT2D eigenvalue weighted by Crippen LogP contribution is 2.29. The number of benzene rings is 1. The Kier molecular flexibility index (Phi) is 5.88. The van der Waals surface area contributed by atoms with Gasteiger partial charge in [-0.25, -0.2) is 0 Å². The van der Waals surface area contributed by atoms with Gasteiger partial charge >= 0.3 is 0 Å². The van der Waals surface area contributed by atoms with Crippen molar-refractivity contribution in [2.45, 2.75) is 39.3 Å². The average molecular weight is 436 g/mol. The van der Waals surface area contributed by atoms with Crippen LogP contribution in [0.2, 0.25) is 5.02 Å². The number of nitrogens with two attached hydrogens (primary N) is 1. The lowest BCUT2D eigenvalue weighted by Crippen LogP contribution is -2.16. The molecule has 0 fully saturated rings. The lowest BCUT2D eigenvalue weighted by atomic mass is 10.0. The molecule has 1 atom stereocenters. The van der Waals surface area contributed by atoms with E-state index in [1.165, 1.54) is 0 Å². The summed E-state index contributed by atoms with van der Waals surface area (Å²) in [6.07, 6.45) is 1.62. The van der Waals surface area contributed by atoms with Gasteiger partial charge in [0.1, 0.15) is 0 Å². The van der Waals surface area contributed by atoms with Crippen LogP contribution in [0.25, 0.3) is 0 Å². The van der Waals surface area contributed by atoms with Crippen LogP contribution in [0, 0.1) is 0 Å². The van der Waals surface area contributed by atoms with Crippen molar-refractivity contribution in [1.82, 2.24) is 9.78 Å². The third-order valence-electron chi connectivity index (χ3n) is 3.42. The van der Waals surface area contributed by atoms with Crippen LogP contribution in [-0.2, 0) is 19.4 Å². The van der Waals surface area contributed by atoms with Crippen LogP contribution in [0.3, 0.4) is 0 Å². The average Bonchev–Trinajstić information content (AvgIpc) is 2.74. The van der Waals surface area contributed by atoms with Crippen LogP contribution in [0.5, 0.6) is 0 Å². The maximum atomic E-state index is 6.37. The van der Waals surface area contributed by atoms with E-state index in [9.17, 15) is 0 Å². The fourth-order valence-electron chi connectivity index (χ4n) is 2.33. The van der Waals surface area contributed by atoms with E-state index in [0.717, 1.165) is 38.9 Å². The first kappa shape index (κ1) is 17.0. The minimum Gasteiger partial charge on any atom is -0.324 e. The van der Waals surface area contributed by atoms with E-state index in [1.54, 1.807) is 0 Å². The molecule has 114 valence electrons. The number of aryl methyl sites for hydroxylation is 2. The van der Waals surface area contributed by atoms with E-state index in [1.807, 2.05) is 22.9 Å². The fraction of sp³-hybridized carbons (Fsp3) is 0.400. The Balaban J connectivity index is 2.30. The number of halogens is 3. The molecule has 21 heavy (non-hydrogen) atoms. The van der Waals surface area contributed by atoms with Crippen molar-refractivity contribution in [2.24, 2.45) is 5.73 Å². The highest BCUT2D eigenvalue weighted by molar-refractivity contribution is 9.10. The van der Waals surface area contributed by atoms with E-state index < -0.39 is 0 Å². The van der Waals surface area contributed by atoms with Gasteiger partial charge in [0.05, 0.1) is 15.9 Å². The predicted molar refractivity (Wildman–Crippen MR) is 94.8 cm³/mol. The number of nitrogens with zero attached hydrogens (tertiary/aromatic N) is 2. The number of rotatable bonds is 5. The zero-order valence-corrected chi connectivity index (χ0v) is 16.0. The summed E-state index contributed by atoms with van der Waals surface area (Å²) in [7, 11) is 0. The minimum absolute atomic E-state index is 0.122. The van der Waals surface area contributed by atoms with Crippen LogP contribution in [-0.4, -0.2) is 9.78 Å². The lowest BCUT2D eigenvalue weighted by molar-refractivity contribution is 0.584. The normalized spacial score (nSPS) is 12.7. The van der Waals surface area contributed by atoms with Crippen molar-refractivity contribution in [2.75, 3.05) is 0 Å². The Morgan fingerprint density at radius 2 is 2.00 bits per heavy atom. The molecule has 2 rings (SSSR count). The standard InChI is InChI=1S/C15H18Br2ClN3/c1-3-13-15(17)14(21(4-2)20-13)8-12(19)9-5-10(16)7-11(18)6-9/h5-7,12H,3-4,8,19H2,1-2H3. The highest BCUT2D eigenvalue weighted by atomic mass is 79.9. The van der Waals surface area contributed by atoms with Gasteiger partial charge in [0.25, 0.3) is 0 Å². The first-order chi connectivity index (χ1) is 9.96. The van der Waals surface area contributed by atoms with Gasteiger partial charge in [0, 0.05) is 28.5 Å². The van der Waals surface area contributed by atoms with Gasteiger partial charge in [-0.15, -0.1) is 0 Å². The fourth-order valence-corrected chi connectivity index (χ4v) is 3.94. The highest BCUT2D eigenvalue weighted by Gasteiger charge is 2.18. The second-order valence-corrected chi connectivity index (χ2v) is 7.04. The molecule has 0 aliphatic carbocycles. The van der Waals surface area contributed by atoms with E-state index in [4.69, 9.17) is 17.3 Å². The van der Waals surface area contributed by atoms with Crippen molar-refractivity contribution in [1.29, 1.82) is 0 Å². The molecular weight excluding hydrogens is 417 g/mol. The molecule has 0 radical (unpaired) electrons. The van der Waals surface area contributed by atoms with Gasteiger partial charge < -0.3 is 5.73 Å². The Hall–Kier alpha value is -0.360. The van der Waals surface area contributed by atoms with Gasteiger partial charge in [-0.2, -0.15) is 5.10 Å². The van der Waals surface area contributed by atoms with Crippen molar-refractivity contribution >= 4 is 43.5 Å². The first-order valence-electron chi connectivity index (χ1n) is 6.91. The van der Waals surface area contributed by atoms with Gasteiger partial charge in [-0.1, -0.05) is 34.5 Å². The zero-order valence-electron chi connectivity index (χ0n) is 12.0. The molecule has 1 aromatic carbocycles. The molecule has 0 aliphatic rings. The molecule has 0 saturated carbocycles. The van der Waals surface area contributed by atoms with Crippen molar-refractivity contribution in [3.05, 3.63) is 49.1 Å². The molecule has 0 spiro atoms. The van der Waals surface area contributed by atoms with Crippen LogP contribution in [0.4, 0.5) is 0 Å². The van der Waals surface area contributed by atoms with Crippen LogP contribution >= 0.6 is 43.5 Å². The molecule has 2 N–H and O–H groups in total. The number of aromatic nitrogens is 2. The van der Waals surface area contributed by atoms with Crippen molar-refractivity contribution in [3.8, 4) is 0 Å². The molecule has 0 amide bonds. The van der Waals surface area contributed by atoms with E-state index in [0.29, 0.717) is 11.4 Å². The number of hydrogen-bond acceptors (Lipinski definition) is 2. The van der Waals surface area contributed by atoms with Gasteiger partial charge in [-0.3, -0.25) is 4.68 Å². The molecule has 0 saturated heterocycles. The van der Waals surface area contributed by atoms with Crippen LogP contribution in [0.1, 0.15) is 36.8 Å². The summed E-state index contributed by atoms with van der Waals surface area (Å²) in [4.78, 5) is 0. The van der Waals surface area contributed by atoms with E-state index >= 15 is 0 Å². The molecule has 0 bridgehead atoms. The molecule has 1 aromatic heterocycles. The minimum atomic E-state index is -0.122. The Morgan fingerprint density at radius 3 is 2.57 bits per heavy atom. The van der Waals surface area contributed by atoms with E-state index in [2.05, 4.69) is 50.8 Å². The van der Waals surface area contributed by atoms with Gasteiger partial charge in [-0.05, 0) is 53.0 Å². The maximum absolute atomic E-state index is 6.37. The summed E-state index contributed by atoms with van der Waals surface area (Å²) < 4.78 is 4.03. The molecule has 3 nitrogen and oxygen atoms in total. The summed E-state index contributed by atoms with van der Waals surface area (Å²) in [6, 6.07) is 5.66. The monoisotopic (exact) mass is 433 g/mol. The van der Waals surface area contributed by atoms with Crippen molar-refractivity contribution in [3.63, 3.8) is 0 Å². The second-order valence-electron chi connectivity index (χ2n) is 4.89. The summed E-state index contributed by atoms with van der Waals surface area (Å²) >= 11 is 13.2. The lowest BCUT2D eigenvalue weighted by Gasteiger charge is -2.14. The quantitative estimate of drug-likeness (QED) is 0.727. The Morgan fingerprint density at radius 1 is 1.29 bits per heavy atom. The Labute approximate surface area is 147 Å². The molecule has 6 heteroatoms. The van der Waals surface area contributed by atoms with Gasteiger partial charge in [0.2, 0.25) is 0 Å². The largest absolute Gasteiger partial charge is 0.324 e. The maximum Gasteiger partial charge on any atom is 0.0766 e. The predicted octanol–water partition coefficient (Wildman–Crippen LogP) is 4.89. The summed E-state index contributed by atoms with van der Waals surface area (Å²) in [5, 5.41) is 5.29. The molecule has 1 unspecified atom stereocenters.